The fourth-order valence-corrected chi connectivity index (χ4v) is 5.15. The highest BCUT2D eigenvalue weighted by atomic mass is 16.6. The number of alkyl carbamates (subject to hydrolysis) is 1. The van der Waals surface area contributed by atoms with Crippen molar-refractivity contribution in [2.75, 3.05) is 19.6 Å². The lowest BCUT2D eigenvalue weighted by Gasteiger charge is -2.29. The molecule has 7 amide bonds. The molecule has 0 aromatic heterocycles. The fourth-order valence-electron chi connectivity index (χ4n) is 5.15. The second-order valence-electron chi connectivity index (χ2n) is 14.8. The van der Waals surface area contributed by atoms with Crippen LogP contribution in [0, 0.1) is 11.8 Å². The molecule has 0 aliphatic rings. The second-order valence-corrected chi connectivity index (χ2v) is 14.8. The van der Waals surface area contributed by atoms with Crippen molar-refractivity contribution >= 4 is 59.4 Å². The lowest BCUT2D eigenvalue weighted by molar-refractivity contribution is -0.142. The Balaban J connectivity index is 6.52. The third-order valence-electron chi connectivity index (χ3n) is 8.71. The van der Waals surface area contributed by atoms with Crippen LogP contribution in [0.2, 0.25) is 0 Å². The molecular weight excluding hydrogens is 776 g/mol. The molecule has 18 N–H and O–H groups in total. The maximum atomic E-state index is 13.8. The smallest absolute Gasteiger partial charge is 0.408 e. The first-order valence-electron chi connectivity index (χ1n) is 19.3. The average Bonchev–Trinajstić information content (AvgIpc) is 3.14. The highest BCUT2D eigenvalue weighted by Gasteiger charge is 2.36. The first-order chi connectivity index (χ1) is 27.4. The maximum absolute atomic E-state index is 13.8. The quantitative estimate of drug-likeness (QED) is 0.0101. The number of hydrogen-bond acceptors (Lipinski definition) is 12. The van der Waals surface area contributed by atoms with Crippen molar-refractivity contribution in [2.45, 2.75) is 129 Å². The summed E-state index contributed by atoms with van der Waals surface area (Å²) in [6.07, 6.45) is -0.799. The van der Waals surface area contributed by atoms with Crippen LogP contribution in [0.15, 0.2) is 9.98 Å². The average molecular weight is 843 g/mol. The number of carboxylic acids is 1. The number of nitrogens with zero attached hydrogens (tertiary/aromatic N) is 2. The summed E-state index contributed by atoms with van der Waals surface area (Å²) in [4.78, 5) is 112. The zero-order chi connectivity index (χ0) is 45.5. The van der Waals surface area contributed by atoms with Crippen LogP contribution in [0.4, 0.5) is 4.79 Å². The number of aliphatic carboxylic acids is 1. The van der Waals surface area contributed by atoms with Gasteiger partial charge in [-0.05, 0) is 58.3 Å². The predicted molar refractivity (Wildman–Crippen MR) is 217 cm³/mol. The van der Waals surface area contributed by atoms with E-state index in [4.69, 9.17) is 33.5 Å². The lowest BCUT2D eigenvalue weighted by Crippen LogP contribution is -2.61. The van der Waals surface area contributed by atoms with E-state index < -0.39 is 108 Å². The Morgan fingerprint density at radius 1 is 0.644 bits per heavy atom. The molecule has 24 nitrogen and oxygen atoms in total. The minimum atomic E-state index is -1.77. The van der Waals surface area contributed by atoms with Gasteiger partial charge in [0.1, 0.15) is 35.8 Å². The van der Waals surface area contributed by atoms with E-state index in [2.05, 4.69) is 41.9 Å². The number of amides is 7. The standard InChI is InChI=1S/C35H66N14O10/c1-8-18(3)25(30(56)43-17-23(50)49-40)47-27(53)20(12-10-14-41-32(36)37)44-29(55)22(16-24(51)52)45-31(57)26(19(4)9-2)48-28(54)21(13-11-15-42-33(38)39)46-34(58)59-35(5,6)7/h18-22,25-26H,8-17,40H2,1-7H3,(H,43,56)(H,44,55)(H,45,57)(H,46,58)(H,47,53)(H,48,54)(H,49,50)(H,51,52)(H4,36,37,41)(H4,38,39,42)/t18-,19-,20-,21-,22-,25-,26-/m0/s1. The Bertz CT molecular complexity index is 1490. The highest BCUT2D eigenvalue weighted by Crippen LogP contribution is 2.13. The van der Waals surface area contributed by atoms with Crippen LogP contribution in [0.25, 0.3) is 0 Å². The maximum Gasteiger partial charge on any atom is 0.408 e. The Hall–Kier alpha value is -5.94. The van der Waals surface area contributed by atoms with Crippen LogP contribution in [0.3, 0.4) is 0 Å². The molecular formula is C35H66N14O10. The molecule has 0 saturated carbocycles. The minimum absolute atomic E-state index is 0.0238. The van der Waals surface area contributed by atoms with Crippen LogP contribution < -0.4 is 66.1 Å². The van der Waals surface area contributed by atoms with E-state index in [1.807, 2.05) is 5.43 Å². The van der Waals surface area contributed by atoms with Gasteiger partial charge in [-0.2, -0.15) is 0 Å². The van der Waals surface area contributed by atoms with Gasteiger partial charge in [-0.3, -0.25) is 49.0 Å². The molecule has 7 atom stereocenters. The topological polar surface area (TPSA) is 405 Å². The molecule has 0 aromatic carbocycles. The van der Waals surface area contributed by atoms with E-state index in [9.17, 15) is 43.5 Å². The zero-order valence-electron chi connectivity index (χ0n) is 35.0. The Kier molecular flexibility index (Phi) is 24.2. The molecule has 0 saturated heterocycles. The summed E-state index contributed by atoms with van der Waals surface area (Å²) in [5.74, 6) is -2.90. The molecule has 0 radical (unpaired) electrons. The van der Waals surface area contributed by atoms with Gasteiger partial charge in [0.15, 0.2) is 11.9 Å². The molecule has 0 aliphatic carbocycles. The lowest BCUT2D eigenvalue weighted by atomic mass is 9.96. The monoisotopic (exact) mass is 843 g/mol. The molecule has 0 aliphatic heterocycles. The number of nitrogens with two attached hydrogens (primary N) is 5. The van der Waals surface area contributed by atoms with Gasteiger partial charge in [0.25, 0.3) is 5.91 Å². The van der Waals surface area contributed by atoms with E-state index in [1.165, 1.54) is 0 Å². The number of carbonyl (C=O) groups excluding carboxylic acids is 7. The Morgan fingerprint density at radius 2 is 1.07 bits per heavy atom. The van der Waals surface area contributed by atoms with Crippen LogP contribution >= 0.6 is 0 Å². The van der Waals surface area contributed by atoms with Crippen LogP contribution in [0.5, 0.6) is 0 Å². The number of rotatable bonds is 26. The SMILES string of the molecule is CC[C@H](C)[C@H](NC(=O)[C@H](CCCN=C(N)N)NC(=O)[C@H](CC(=O)O)NC(=O)[C@@H](NC(=O)[C@H](CCCN=C(N)N)NC(=O)OC(C)(C)C)[C@@H](C)CC)C(=O)NCC(=O)NN. The summed E-state index contributed by atoms with van der Waals surface area (Å²) < 4.78 is 5.30. The molecule has 0 spiro atoms. The van der Waals surface area contributed by atoms with Gasteiger partial charge in [-0.25, -0.2) is 10.6 Å². The summed E-state index contributed by atoms with van der Waals surface area (Å²) in [5, 5.41) is 24.6. The van der Waals surface area contributed by atoms with Gasteiger partial charge in [0.2, 0.25) is 29.5 Å². The van der Waals surface area contributed by atoms with E-state index >= 15 is 0 Å². The third kappa shape index (κ3) is 22.6. The minimum Gasteiger partial charge on any atom is -0.481 e. The van der Waals surface area contributed by atoms with Gasteiger partial charge < -0.3 is 64.7 Å². The number of hydrazine groups is 1. The molecule has 24 heteroatoms. The van der Waals surface area contributed by atoms with Gasteiger partial charge in [0.05, 0.1) is 13.0 Å². The van der Waals surface area contributed by atoms with Gasteiger partial charge in [0, 0.05) is 13.1 Å². The molecule has 0 heterocycles. The van der Waals surface area contributed by atoms with Gasteiger partial charge >= 0.3 is 12.1 Å². The Labute approximate surface area is 344 Å². The van der Waals surface area contributed by atoms with Gasteiger partial charge in [-0.1, -0.05) is 40.5 Å². The fraction of sp³-hybridized carbons (Fsp3) is 0.714. The first-order valence-corrected chi connectivity index (χ1v) is 19.3. The first kappa shape index (κ1) is 53.1. The van der Waals surface area contributed by atoms with Crippen molar-refractivity contribution in [3.63, 3.8) is 0 Å². The summed E-state index contributed by atoms with van der Waals surface area (Å²) in [7, 11) is 0. The van der Waals surface area contributed by atoms with E-state index in [1.54, 1.807) is 48.5 Å². The van der Waals surface area contributed by atoms with Crippen molar-refractivity contribution in [1.82, 2.24) is 37.3 Å². The molecule has 0 unspecified atom stereocenters. The Morgan fingerprint density at radius 3 is 1.47 bits per heavy atom. The molecule has 59 heavy (non-hydrogen) atoms. The number of nitrogens with one attached hydrogen (secondary N) is 7. The highest BCUT2D eigenvalue weighted by molar-refractivity contribution is 5.97. The third-order valence-corrected chi connectivity index (χ3v) is 8.71. The van der Waals surface area contributed by atoms with Crippen LogP contribution in [0.1, 0.15) is 93.4 Å². The number of guanidine groups is 2. The van der Waals surface area contributed by atoms with Crippen molar-refractivity contribution < 1.29 is 48.2 Å². The normalized spacial score (nSPS) is 14.5. The molecule has 0 bridgehead atoms. The van der Waals surface area contributed by atoms with E-state index in [0.717, 1.165) is 0 Å². The summed E-state index contributed by atoms with van der Waals surface area (Å²) in [5.41, 5.74) is 22.6. The number of hydrogen-bond donors (Lipinski definition) is 13. The molecule has 0 aromatic rings. The van der Waals surface area contributed by atoms with E-state index in [-0.39, 0.29) is 50.7 Å². The summed E-state index contributed by atoms with van der Waals surface area (Å²) >= 11 is 0. The van der Waals surface area contributed by atoms with Crippen molar-refractivity contribution in [2.24, 2.45) is 50.6 Å². The van der Waals surface area contributed by atoms with E-state index in [0.29, 0.717) is 12.8 Å². The van der Waals surface area contributed by atoms with Crippen LogP contribution in [-0.4, -0.2) is 120 Å². The summed E-state index contributed by atoms with van der Waals surface area (Å²) in [6, 6.07) is -6.92. The molecule has 0 fully saturated rings. The summed E-state index contributed by atoms with van der Waals surface area (Å²) in [6.45, 7) is 11.4. The largest absolute Gasteiger partial charge is 0.481 e. The van der Waals surface area contributed by atoms with Crippen molar-refractivity contribution in [1.29, 1.82) is 0 Å². The molecule has 0 rings (SSSR count). The number of aliphatic imine (C=N–C) groups is 2. The predicted octanol–water partition coefficient (Wildman–Crippen LogP) is -3.40. The second kappa shape index (κ2) is 26.9. The van der Waals surface area contributed by atoms with Crippen LogP contribution in [-0.2, 0) is 38.3 Å². The molecule has 336 valence electrons. The van der Waals surface area contributed by atoms with Crippen molar-refractivity contribution in [3.05, 3.63) is 0 Å². The number of ether oxygens (including phenoxy) is 1. The van der Waals surface area contributed by atoms with Gasteiger partial charge in [-0.15, -0.1) is 0 Å². The number of carbonyl (C=O) groups is 8. The number of carboxylic acid groups (broad SMARTS) is 1. The zero-order valence-corrected chi connectivity index (χ0v) is 35.0. The van der Waals surface area contributed by atoms with Crippen molar-refractivity contribution in [3.8, 4) is 0 Å².